The third-order valence-corrected chi connectivity index (χ3v) is 11.4. The first-order valence-corrected chi connectivity index (χ1v) is 22.8. The van der Waals surface area contributed by atoms with Crippen LogP contribution < -0.4 is 5.32 Å². The Hall–Kier alpha value is -1.11. The van der Waals surface area contributed by atoms with Gasteiger partial charge in [-0.25, -0.2) is 0 Å². The van der Waals surface area contributed by atoms with Crippen molar-refractivity contribution in [2.24, 2.45) is 0 Å². The molecule has 0 saturated heterocycles. The van der Waals surface area contributed by atoms with E-state index >= 15 is 0 Å². The van der Waals surface area contributed by atoms with Gasteiger partial charge in [-0.3, -0.25) is 18.0 Å². The number of carbonyl (C=O) groups excluding carboxylic acids is 2. The first kappa shape index (κ1) is 44.9. The van der Waals surface area contributed by atoms with Crippen molar-refractivity contribution in [2.45, 2.75) is 226 Å². The van der Waals surface area contributed by atoms with Crippen molar-refractivity contribution >= 4 is 33.0 Å². The number of imide groups is 1. The van der Waals surface area contributed by atoms with Gasteiger partial charge in [-0.15, -0.1) is 0 Å². The predicted molar refractivity (Wildman–Crippen MR) is 215 cm³/mol. The van der Waals surface area contributed by atoms with E-state index in [1.807, 2.05) is 18.2 Å². The zero-order chi connectivity index (χ0) is 34.8. The Bertz CT molecular complexity index is 917. The first-order chi connectivity index (χ1) is 23.6. The highest BCUT2D eigenvalue weighted by Crippen LogP contribution is 2.21. The Morgan fingerprint density at radius 1 is 0.500 bits per heavy atom. The molecule has 0 bridgehead atoms. The van der Waals surface area contributed by atoms with Crippen LogP contribution in [-0.4, -0.2) is 11.8 Å². The van der Waals surface area contributed by atoms with E-state index in [4.69, 9.17) is 0 Å². The summed E-state index contributed by atoms with van der Waals surface area (Å²) in [6, 6.07) is 5.71. The minimum absolute atomic E-state index is 0.215. The Balaban J connectivity index is 2.09. The normalized spacial score (nSPS) is 11.3. The monoisotopic (exact) mass is 781 g/mol. The van der Waals surface area contributed by atoms with Gasteiger partial charge in [0.1, 0.15) is 0 Å². The molecule has 0 heterocycles. The molecule has 1 aromatic carbocycles. The van der Waals surface area contributed by atoms with Gasteiger partial charge >= 0.3 is 0 Å². The van der Waals surface area contributed by atoms with Gasteiger partial charge in [0.15, 0.2) is 21.2 Å². The van der Waals surface area contributed by atoms with Crippen molar-refractivity contribution in [3.63, 3.8) is 0 Å². The fourth-order valence-corrected chi connectivity index (χ4v) is 7.72. The molecule has 4 nitrogen and oxygen atoms in total. The van der Waals surface area contributed by atoms with Gasteiger partial charge in [0.2, 0.25) is 5.91 Å². The van der Waals surface area contributed by atoms with Gasteiger partial charge in [0.25, 0.3) is 5.91 Å². The molecular weight excluding hydrogens is 705 g/mol. The number of rotatable bonds is 35. The lowest BCUT2D eigenvalue weighted by Crippen LogP contribution is -2.30. The van der Waals surface area contributed by atoms with E-state index in [1.165, 1.54) is 173 Å². The van der Waals surface area contributed by atoms with E-state index in [0.717, 1.165) is 37.7 Å². The molecule has 5 heteroatoms. The molecule has 48 heavy (non-hydrogen) atoms. The third-order valence-electron chi connectivity index (χ3n) is 9.94. The van der Waals surface area contributed by atoms with Crippen molar-refractivity contribution in [1.82, 2.24) is 5.32 Å². The van der Waals surface area contributed by atoms with Gasteiger partial charge in [-0.1, -0.05) is 206 Å². The highest BCUT2D eigenvalue weighted by molar-refractivity contribution is 14.1. The molecule has 1 N–H and O–H groups in total. The second-order valence-corrected chi connectivity index (χ2v) is 16.1. The second-order valence-electron chi connectivity index (χ2n) is 14.5. The molecule has 0 aliphatic heterocycles. The maximum absolute atomic E-state index is 12.9. The average molecular weight is 782 g/mol. The van der Waals surface area contributed by atoms with E-state index < -0.39 is 21.2 Å². The highest BCUT2D eigenvalue weighted by atomic mass is 127. The van der Waals surface area contributed by atoms with Gasteiger partial charge in [0, 0.05) is 6.42 Å². The van der Waals surface area contributed by atoms with E-state index in [9.17, 15) is 12.7 Å². The summed E-state index contributed by atoms with van der Waals surface area (Å²) in [5, 5.41) is 2.57. The Morgan fingerprint density at radius 2 is 0.854 bits per heavy atom. The molecule has 0 spiro atoms. The summed E-state index contributed by atoms with van der Waals surface area (Å²) in [5.74, 6) is -0.603. The summed E-state index contributed by atoms with van der Waals surface area (Å²) >= 11 is -1.47. The van der Waals surface area contributed by atoms with Crippen molar-refractivity contribution in [3.05, 3.63) is 32.9 Å². The van der Waals surface area contributed by atoms with Crippen molar-refractivity contribution < 1.29 is 12.7 Å². The largest absolute Gasteiger partial charge is 0.292 e. The summed E-state index contributed by atoms with van der Waals surface area (Å²) in [6.07, 6.45) is 42.3. The highest BCUT2D eigenvalue weighted by Gasteiger charge is 2.15. The molecule has 2 amide bonds. The first-order valence-electron chi connectivity index (χ1n) is 20.9. The fourth-order valence-electron chi connectivity index (χ4n) is 6.76. The summed E-state index contributed by atoms with van der Waals surface area (Å²) in [7, 11) is 0. The number of amides is 2. The van der Waals surface area contributed by atoms with Crippen LogP contribution in [-0.2, 0) is 14.3 Å². The number of aryl methyl sites for hydroxylation is 1. The predicted octanol–water partition coefficient (Wildman–Crippen LogP) is 14.5. The SMILES string of the molecule is CCCCCCCCCCCCCCCCCCc1ccc(I=O)c(C(=O)NC(=O)CCCCCCCCCCCCCCCCC)c1. The van der Waals surface area contributed by atoms with Gasteiger partial charge in [0.05, 0.1) is 9.13 Å². The van der Waals surface area contributed by atoms with Crippen molar-refractivity contribution in [2.75, 3.05) is 0 Å². The third kappa shape index (κ3) is 26.7. The zero-order valence-corrected chi connectivity index (χ0v) is 33.8. The number of benzene rings is 1. The van der Waals surface area contributed by atoms with Gasteiger partial charge in [-0.05, 0) is 37.0 Å². The minimum atomic E-state index is -1.47. The number of hydrogen-bond donors (Lipinski definition) is 1. The molecule has 0 fully saturated rings. The second kappa shape index (κ2) is 34.3. The maximum atomic E-state index is 12.9. The molecule has 0 unspecified atom stereocenters. The summed E-state index contributed by atoms with van der Waals surface area (Å²) in [4.78, 5) is 25.4. The lowest BCUT2D eigenvalue weighted by Gasteiger charge is -2.09. The van der Waals surface area contributed by atoms with E-state index in [2.05, 4.69) is 19.2 Å². The average Bonchev–Trinajstić information content (AvgIpc) is 3.09. The van der Waals surface area contributed by atoms with Crippen molar-refractivity contribution in [3.8, 4) is 0 Å². The van der Waals surface area contributed by atoms with E-state index in [0.29, 0.717) is 15.6 Å². The quantitative estimate of drug-likeness (QED) is 0.0551. The van der Waals surface area contributed by atoms with Crippen LogP contribution in [0.2, 0.25) is 0 Å². The number of nitrogens with one attached hydrogen (secondary N) is 1. The molecule has 0 saturated carbocycles. The van der Waals surface area contributed by atoms with Crippen LogP contribution in [0.1, 0.15) is 235 Å². The lowest BCUT2D eigenvalue weighted by molar-refractivity contribution is -0.120. The molecule has 0 aliphatic carbocycles. The fraction of sp³-hybridized carbons (Fsp3) is 0.814. The van der Waals surface area contributed by atoms with Gasteiger partial charge < -0.3 is 0 Å². The summed E-state index contributed by atoms with van der Waals surface area (Å²) < 4.78 is 12.4. The number of carbonyl (C=O) groups is 2. The Labute approximate surface area is 308 Å². The molecule has 0 atom stereocenters. The Morgan fingerprint density at radius 3 is 1.23 bits per heavy atom. The topological polar surface area (TPSA) is 63.2 Å². The van der Waals surface area contributed by atoms with Gasteiger partial charge in [-0.2, -0.15) is 0 Å². The molecular formula is C43H76INO3. The number of unbranched alkanes of at least 4 members (excludes halogenated alkanes) is 29. The molecule has 278 valence electrons. The molecule has 1 rings (SSSR count). The van der Waals surface area contributed by atoms with Crippen LogP contribution in [0.5, 0.6) is 0 Å². The maximum Gasteiger partial charge on any atom is 0.259 e. The molecule has 0 aliphatic rings. The van der Waals surface area contributed by atoms with Crippen LogP contribution in [0, 0.1) is 3.57 Å². The number of halogens is 1. The van der Waals surface area contributed by atoms with E-state index in [-0.39, 0.29) is 11.8 Å². The van der Waals surface area contributed by atoms with Crippen LogP contribution in [0.25, 0.3) is 0 Å². The van der Waals surface area contributed by atoms with Crippen molar-refractivity contribution in [1.29, 1.82) is 0 Å². The van der Waals surface area contributed by atoms with E-state index in [1.54, 1.807) is 0 Å². The smallest absolute Gasteiger partial charge is 0.259 e. The molecule has 0 aromatic heterocycles. The lowest BCUT2D eigenvalue weighted by atomic mass is 10.0. The summed E-state index contributed by atoms with van der Waals surface area (Å²) in [6.45, 7) is 4.56. The standard InChI is InChI=1S/C43H76INO3/c1-3-5-7-9-11-13-15-17-19-21-22-24-26-28-30-32-34-39-36-37-41(44-48)40(38-39)43(47)45-42(46)35-33-31-29-27-25-23-20-18-16-14-12-10-8-6-4-2/h36-38H,3-35H2,1-2H3,(H,45,46,47). The van der Waals surface area contributed by atoms with Crippen LogP contribution >= 0.6 is 21.2 Å². The number of hydrogen-bond acceptors (Lipinski definition) is 3. The minimum Gasteiger partial charge on any atom is -0.292 e. The van der Waals surface area contributed by atoms with Crippen LogP contribution in [0.15, 0.2) is 18.2 Å². The molecule has 1 aromatic rings. The van der Waals surface area contributed by atoms with Crippen LogP contribution in [0.3, 0.4) is 0 Å². The molecule has 0 radical (unpaired) electrons. The Kier molecular flexibility index (Phi) is 32.1. The van der Waals surface area contributed by atoms with Crippen LogP contribution in [0.4, 0.5) is 0 Å². The zero-order valence-electron chi connectivity index (χ0n) is 31.7. The summed E-state index contributed by atoms with van der Waals surface area (Å²) in [5.41, 5.74) is 1.53.